The number of hydrogen-bond acceptors (Lipinski definition) is 2. The topological polar surface area (TPSA) is 57.6 Å². The van der Waals surface area contributed by atoms with Crippen LogP contribution in [0.25, 0.3) is 5.57 Å². The maximum atomic E-state index is 13.4. The molecule has 0 unspecified atom stereocenters. The van der Waals surface area contributed by atoms with Crippen LogP contribution in [-0.4, -0.2) is 40.6 Å². The van der Waals surface area contributed by atoms with Crippen LogP contribution < -0.4 is 0 Å². The van der Waals surface area contributed by atoms with Gasteiger partial charge in [0.15, 0.2) is 0 Å². The molecule has 31 heavy (non-hydrogen) atoms. The number of carboxylic acid groups (broad SMARTS) is 1. The third kappa shape index (κ3) is 5.84. The Kier molecular flexibility index (Phi) is 6.95. The van der Waals surface area contributed by atoms with Crippen LogP contribution in [0.2, 0.25) is 0 Å². The van der Waals surface area contributed by atoms with Crippen molar-refractivity contribution in [3.8, 4) is 0 Å². The van der Waals surface area contributed by atoms with Crippen molar-refractivity contribution in [1.29, 1.82) is 0 Å². The van der Waals surface area contributed by atoms with Crippen LogP contribution >= 0.6 is 0 Å². The van der Waals surface area contributed by atoms with E-state index >= 15 is 0 Å². The van der Waals surface area contributed by atoms with Gasteiger partial charge in [-0.2, -0.15) is 13.2 Å². The largest absolute Gasteiger partial charge is 0.478 e. The van der Waals surface area contributed by atoms with Crippen molar-refractivity contribution >= 4 is 17.4 Å². The van der Waals surface area contributed by atoms with E-state index in [0.29, 0.717) is 25.8 Å². The van der Waals surface area contributed by atoms with Gasteiger partial charge in [-0.15, -0.1) is 0 Å². The molecule has 1 amide bonds. The fraction of sp³-hybridized carbons (Fsp3) is 0.250. The summed E-state index contributed by atoms with van der Waals surface area (Å²) < 4.78 is 40.3. The molecule has 1 heterocycles. The van der Waals surface area contributed by atoms with Crippen molar-refractivity contribution in [1.82, 2.24) is 4.90 Å². The van der Waals surface area contributed by atoms with E-state index in [1.54, 1.807) is 41.3 Å². The third-order valence-electron chi connectivity index (χ3n) is 5.20. The van der Waals surface area contributed by atoms with Gasteiger partial charge in [0.2, 0.25) is 5.91 Å². The fourth-order valence-electron chi connectivity index (χ4n) is 3.56. The molecule has 1 aliphatic rings. The minimum Gasteiger partial charge on any atom is -0.478 e. The van der Waals surface area contributed by atoms with Gasteiger partial charge in [-0.05, 0) is 42.2 Å². The molecule has 3 rings (SSSR count). The number of alkyl halides is 3. The van der Waals surface area contributed by atoms with Gasteiger partial charge in [-0.1, -0.05) is 54.6 Å². The zero-order chi connectivity index (χ0) is 22.4. The van der Waals surface area contributed by atoms with Crippen LogP contribution in [0.4, 0.5) is 13.2 Å². The average Bonchev–Trinajstić information content (AvgIpc) is 3.09. The first kappa shape index (κ1) is 22.3. The van der Waals surface area contributed by atoms with Gasteiger partial charge < -0.3 is 10.0 Å². The Bertz CT molecular complexity index is 979. The summed E-state index contributed by atoms with van der Waals surface area (Å²) in [5, 5.41) is 8.96. The molecule has 162 valence electrons. The van der Waals surface area contributed by atoms with Gasteiger partial charge in [-0.3, -0.25) is 4.79 Å². The molecule has 1 N–H and O–H groups in total. The number of benzene rings is 2. The normalized spacial score (nSPS) is 17.5. The van der Waals surface area contributed by atoms with E-state index in [1.165, 1.54) is 30.3 Å². The van der Waals surface area contributed by atoms with Crippen molar-refractivity contribution in [2.24, 2.45) is 0 Å². The van der Waals surface area contributed by atoms with Crippen LogP contribution in [0.3, 0.4) is 0 Å². The van der Waals surface area contributed by atoms with E-state index in [-0.39, 0.29) is 23.1 Å². The number of likely N-dealkylation sites (tertiary alicyclic amines) is 1. The highest BCUT2D eigenvalue weighted by Gasteiger charge is 2.34. The molecule has 0 radical (unpaired) electrons. The second kappa shape index (κ2) is 9.64. The highest BCUT2D eigenvalue weighted by atomic mass is 19.4. The van der Waals surface area contributed by atoms with Crippen LogP contribution in [0, 0.1) is 0 Å². The number of rotatable bonds is 7. The summed E-state index contributed by atoms with van der Waals surface area (Å²) in [4.78, 5) is 24.8. The molecule has 0 saturated carbocycles. The van der Waals surface area contributed by atoms with E-state index < -0.39 is 17.7 Å². The molecule has 1 saturated heterocycles. The number of amides is 1. The van der Waals surface area contributed by atoms with Gasteiger partial charge >= 0.3 is 12.1 Å². The highest BCUT2D eigenvalue weighted by molar-refractivity contribution is 5.87. The summed E-state index contributed by atoms with van der Waals surface area (Å²) in [5.41, 5.74) is 0.422. The molecule has 4 nitrogen and oxygen atoms in total. The Morgan fingerprint density at radius 1 is 1.06 bits per heavy atom. The Balaban J connectivity index is 1.69. The second-order valence-corrected chi connectivity index (χ2v) is 7.27. The summed E-state index contributed by atoms with van der Waals surface area (Å²) in [5.74, 6) is -1.05. The molecule has 0 aromatic heterocycles. The number of hydrogen-bond donors (Lipinski definition) is 1. The molecule has 0 bridgehead atoms. The quantitative estimate of drug-likeness (QED) is 0.622. The number of carbonyl (C=O) groups is 2. The van der Waals surface area contributed by atoms with Crippen LogP contribution in [0.5, 0.6) is 0 Å². The maximum Gasteiger partial charge on any atom is 0.416 e. The minimum atomic E-state index is -4.49. The molecule has 2 aromatic rings. The molecule has 7 heteroatoms. The highest BCUT2D eigenvalue weighted by Crippen LogP contribution is 2.33. The summed E-state index contributed by atoms with van der Waals surface area (Å²) >= 11 is 0. The van der Waals surface area contributed by atoms with Gasteiger partial charge in [0.1, 0.15) is 0 Å². The van der Waals surface area contributed by atoms with Crippen LogP contribution in [0.1, 0.15) is 34.3 Å². The van der Waals surface area contributed by atoms with E-state index in [9.17, 15) is 22.8 Å². The summed E-state index contributed by atoms with van der Waals surface area (Å²) in [6.45, 7) is 0.411. The number of carboxylic acids is 1. The fourth-order valence-corrected chi connectivity index (χ4v) is 3.56. The SMILES string of the molecule is O=C(O)c1ccc(CCN2C(=O)CC[C@@H]2/C=C/C=C(/c2ccccc2)C(F)(F)F)cc1. The van der Waals surface area contributed by atoms with Crippen molar-refractivity contribution in [2.45, 2.75) is 31.5 Å². The molecular weight excluding hydrogens is 407 g/mol. The Morgan fingerprint density at radius 3 is 2.35 bits per heavy atom. The smallest absolute Gasteiger partial charge is 0.416 e. The lowest BCUT2D eigenvalue weighted by Gasteiger charge is -2.22. The number of nitrogens with zero attached hydrogens (tertiary/aromatic N) is 1. The monoisotopic (exact) mass is 429 g/mol. The first-order valence-corrected chi connectivity index (χ1v) is 9.88. The predicted molar refractivity (Wildman–Crippen MR) is 111 cm³/mol. The third-order valence-corrected chi connectivity index (χ3v) is 5.20. The van der Waals surface area contributed by atoms with E-state index in [4.69, 9.17) is 5.11 Å². The molecule has 0 aliphatic carbocycles. The molecule has 1 atom stereocenters. The number of allylic oxidation sites excluding steroid dienone is 3. The van der Waals surface area contributed by atoms with Gasteiger partial charge in [-0.25, -0.2) is 4.79 Å². The van der Waals surface area contributed by atoms with Crippen LogP contribution in [0.15, 0.2) is 72.8 Å². The van der Waals surface area contributed by atoms with Gasteiger partial charge in [0.05, 0.1) is 17.2 Å². The molecular formula is C24H22F3NO3. The van der Waals surface area contributed by atoms with E-state index in [0.717, 1.165) is 11.6 Å². The maximum absolute atomic E-state index is 13.4. The Hall–Kier alpha value is -3.35. The van der Waals surface area contributed by atoms with Crippen molar-refractivity contribution in [2.75, 3.05) is 6.54 Å². The Labute approximate surface area is 178 Å². The molecule has 1 fully saturated rings. The Morgan fingerprint density at radius 2 is 1.74 bits per heavy atom. The first-order valence-electron chi connectivity index (χ1n) is 9.88. The number of aromatic carboxylic acids is 1. The van der Waals surface area contributed by atoms with Crippen molar-refractivity contribution in [3.05, 3.63) is 89.5 Å². The number of carbonyl (C=O) groups excluding carboxylic acids is 1. The summed E-state index contributed by atoms with van der Waals surface area (Å²) in [6, 6.07) is 13.7. The molecule has 0 spiro atoms. The predicted octanol–water partition coefficient (Wildman–Crippen LogP) is 5.12. The molecule has 2 aromatic carbocycles. The zero-order valence-corrected chi connectivity index (χ0v) is 16.7. The summed E-state index contributed by atoms with van der Waals surface area (Å²) in [6.07, 6.45) is 0.986. The molecule has 1 aliphatic heterocycles. The zero-order valence-electron chi connectivity index (χ0n) is 16.7. The lowest BCUT2D eigenvalue weighted by molar-refractivity contribution is -0.128. The average molecular weight is 429 g/mol. The lowest BCUT2D eigenvalue weighted by Crippen LogP contribution is -2.33. The van der Waals surface area contributed by atoms with E-state index in [2.05, 4.69) is 0 Å². The van der Waals surface area contributed by atoms with Gasteiger partial charge in [0.25, 0.3) is 0 Å². The second-order valence-electron chi connectivity index (χ2n) is 7.27. The number of halogens is 3. The first-order chi connectivity index (χ1) is 14.8. The standard InChI is InChI=1S/C24H22F3NO3/c25-24(26,27)21(18-5-2-1-3-6-18)8-4-7-20-13-14-22(29)28(20)16-15-17-9-11-19(12-10-17)23(30)31/h1-12,20H,13-16H2,(H,30,31)/b7-4+,21-8-/t20-/m0/s1. The lowest BCUT2D eigenvalue weighted by atomic mass is 10.0. The van der Waals surface area contributed by atoms with Gasteiger partial charge in [0, 0.05) is 13.0 Å². The summed E-state index contributed by atoms with van der Waals surface area (Å²) in [7, 11) is 0. The van der Waals surface area contributed by atoms with Crippen LogP contribution in [-0.2, 0) is 11.2 Å². The van der Waals surface area contributed by atoms with Crippen molar-refractivity contribution in [3.63, 3.8) is 0 Å². The van der Waals surface area contributed by atoms with E-state index in [1.807, 2.05) is 0 Å². The minimum absolute atomic E-state index is 0.0418. The van der Waals surface area contributed by atoms with Crippen molar-refractivity contribution < 1.29 is 27.9 Å².